The van der Waals surface area contributed by atoms with Crippen molar-refractivity contribution >= 4 is 11.4 Å². The molecule has 2 aromatic rings. The lowest BCUT2D eigenvalue weighted by molar-refractivity contribution is 0.778. The van der Waals surface area contributed by atoms with Crippen molar-refractivity contribution in [1.82, 2.24) is 20.2 Å². The van der Waals surface area contributed by atoms with E-state index in [1.54, 1.807) is 4.68 Å². The third-order valence-corrected chi connectivity index (χ3v) is 2.37. The molecule has 1 aromatic heterocycles. The Kier molecular flexibility index (Phi) is 1.65. The number of tetrazole rings is 1. The van der Waals surface area contributed by atoms with E-state index in [4.69, 9.17) is 0 Å². The lowest BCUT2D eigenvalue weighted by Gasteiger charge is -2.02. The lowest BCUT2D eigenvalue weighted by atomic mass is 10.3. The summed E-state index contributed by atoms with van der Waals surface area (Å²) in [7, 11) is 0. The summed E-state index contributed by atoms with van der Waals surface area (Å²) in [5.74, 6) is 0.834. The van der Waals surface area contributed by atoms with Crippen LogP contribution in [0.4, 0.5) is 5.69 Å². The van der Waals surface area contributed by atoms with Gasteiger partial charge >= 0.3 is 0 Å². The molecule has 5 nitrogen and oxygen atoms in total. The zero-order chi connectivity index (χ0) is 10.3. The third kappa shape index (κ3) is 1.24. The number of rotatable bonds is 0. The van der Waals surface area contributed by atoms with Crippen molar-refractivity contribution in [3.05, 3.63) is 30.1 Å². The standard InChI is InChI=1S/C10H9N5/c1-7-6-10-12-13-14-15(10)9-5-3-2-4-8(9)11-7/h2-5H,6H2,1H3. The van der Waals surface area contributed by atoms with Crippen molar-refractivity contribution in [2.45, 2.75) is 13.3 Å². The number of aromatic nitrogens is 4. The summed E-state index contributed by atoms with van der Waals surface area (Å²) in [6.45, 7) is 1.99. The van der Waals surface area contributed by atoms with Gasteiger partial charge in [0.05, 0.1) is 11.4 Å². The second-order valence-corrected chi connectivity index (χ2v) is 3.52. The topological polar surface area (TPSA) is 56.0 Å². The fourth-order valence-corrected chi connectivity index (χ4v) is 1.71. The van der Waals surface area contributed by atoms with Crippen molar-refractivity contribution < 1.29 is 0 Å². The van der Waals surface area contributed by atoms with Crippen LogP contribution in [0.2, 0.25) is 0 Å². The van der Waals surface area contributed by atoms with E-state index in [0.29, 0.717) is 6.42 Å². The Morgan fingerprint density at radius 1 is 1.27 bits per heavy atom. The number of fused-ring (bicyclic) bond motifs is 3. The van der Waals surface area contributed by atoms with Crippen molar-refractivity contribution in [3.8, 4) is 5.69 Å². The smallest absolute Gasteiger partial charge is 0.162 e. The molecule has 1 aliphatic heterocycles. The molecule has 0 aliphatic carbocycles. The van der Waals surface area contributed by atoms with E-state index in [9.17, 15) is 0 Å². The van der Waals surface area contributed by atoms with Crippen LogP contribution in [0, 0.1) is 0 Å². The normalized spacial score (nSPS) is 13.8. The molecule has 15 heavy (non-hydrogen) atoms. The molecule has 0 amide bonds. The highest BCUT2D eigenvalue weighted by atomic mass is 15.5. The Balaban J connectivity index is 2.34. The Hall–Kier alpha value is -2.04. The molecule has 74 valence electrons. The van der Waals surface area contributed by atoms with E-state index >= 15 is 0 Å². The van der Waals surface area contributed by atoms with Gasteiger partial charge in [0.15, 0.2) is 5.82 Å². The summed E-state index contributed by atoms with van der Waals surface area (Å²) < 4.78 is 1.75. The molecule has 0 saturated heterocycles. The van der Waals surface area contributed by atoms with E-state index in [2.05, 4.69) is 20.5 Å². The predicted molar refractivity (Wildman–Crippen MR) is 55.6 cm³/mol. The molecular formula is C10H9N5. The van der Waals surface area contributed by atoms with Crippen LogP contribution in [0.1, 0.15) is 12.7 Å². The average Bonchev–Trinajstić information content (AvgIpc) is 2.62. The largest absolute Gasteiger partial charge is 0.255 e. The monoisotopic (exact) mass is 199 g/mol. The first kappa shape index (κ1) is 8.28. The van der Waals surface area contributed by atoms with Gasteiger partial charge < -0.3 is 0 Å². The minimum Gasteiger partial charge on any atom is -0.255 e. The zero-order valence-electron chi connectivity index (χ0n) is 8.25. The van der Waals surface area contributed by atoms with Gasteiger partial charge in [-0.25, -0.2) is 0 Å². The van der Waals surface area contributed by atoms with Gasteiger partial charge in [0.1, 0.15) is 0 Å². The van der Waals surface area contributed by atoms with Crippen molar-refractivity contribution in [1.29, 1.82) is 0 Å². The van der Waals surface area contributed by atoms with E-state index in [0.717, 1.165) is 22.9 Å². The molecular weight excluding hydrogens is 190 g/mol. The van der Waals surface area contributed by atoms with Gasteiger partial charge in [-0.05, 0) is 29.5 Å². The molecule has 1 aliphatic rings. The summed E-state index contributed by atoms with van der Waals surface area (Å²) in [5, 5.41) is 11.6. The van der Waals surface area contributed by atoms with Gasteiger partial charge in [0.2, 0.25) is 0 Å². The second kappa shape index (κ2) is 2.98. The highest BCUT2D eigenvalue weighted by Crippen LogP contribution is 2.25. The van der Waals surface area contributed by atoms with Crippen LogP contribution >= 0.6 is 0 Å². The van der Waals surface area contributed by atoms with Gasteiger partial charge in [0.25, 0.3) is 0 Å². The molecule has 2 heterocycles. The maximum atomic E-state index is 4.51. The first-order chi connectivity index (χ1) is 7.34. The Morgan fingerprint density at radius 3 is 3.07 bits per heavy atom. The Labute approximate surface area is 86.5 Å². The first-order valence-electron chi connectivity index (χ1n) is 4.75. The molecule has 0 atom stereocenters. The number of benzene rings is 1. The van der Waals surface area contributed by atoms with Crippen LogP contribution in [0.5, 0.6) is 0 Å². The number of hydrogen-bond acceptors (Lipinski definition) is 4. The van der Waals surface area contributed by atoms with E-state index < -0.39 is 0 Å². The fourth-order valence-electron chi connectivity index (χ4n) is 1.71. The summed E-state index contributed by atoms with van der Waals surface area (Å²) in [4.78, 5) is 4.51. The average molecular weight is 199 g/mol. The summed E-state index contributed by atoms with van der Waals surface area (Å²) in [5.41, 5.74) is 2.88. The summed E-state index contributed by atoms with van der Waals surface area (Å²) in [6, 6.07) is 7.86. The van der Waals surface area contributed by atoms with E-state index in [1.807, 2.05) is 31.2 Å². The van der Waals surface area contributed by atoms with Gasteiger partial charge in [-0.2, -0.15) is 4.68 Å². The van der Waals surface area contributed by atoms with Crippen molar-refractivity contribution in [2.24, 2.45) is 4.99 Å². The third-order valence-electron chi connectivity index (χ3n) is 2.37. The Bertz CT molecular complexity index is 540. The van der Waals surface area contributed by atoms with Gasteiger partial charge in [-0.3, -0.25) is 4.99 Å². The van der Waals surface area contributed by atoms with Crippen molar-refractivity contribution in [2.75, 3.05) is 0 Å². The molecule has 3 rings (SSSR count). The van der Waals surface area contributed by atoms with Gasteiger partial charge in [-0.1, -0.05) is 12.1 Å². The molecule has 1 aromatic carbocycles. The number of hydrogen-bond donors (Lipinski definition) is 0. The van der Waals surface area contributed by atoms with Crippen LogP contribution in [0.25, 0.3) is 5.69 Å². The van der Waals surface area contributed by atoms with Crippen molar-refractivity contribution in [3.63, 3.8) is 0 Å². The molecule has 0 saturated carbocycles. The zero-order valence-corrected chi connectivity index (χ0v) is 8.25. The molecule has 0 spiro atoms. The molecule has 5 heteroatoms. The first-order valence-corrected chi connectivity index (χ1v) is 4.75. The van der Waals surface area contributed by atoms with E-state index in [1.165, 1.54) is 0 Å². The molecule has 0 radical (unpaired) electrons. The minimum absolute atomic E-state index is 0.696. The maximum Gasteiger partial charge on any atom is 0.162 e. The van der Waals surface area contributed by atoms with Crippen LogP contribution in [-0.2, 0) is 6.42 Å². The van der Waals surface area contributed by atoms with Gasteiger partial charge in [-0.15, -0.1) is 5.10 Å². The Morgan fingerprint density at radius 2 is 2.13 bits per heavy atom. The van der Waals surface area contributed by atoms with Crippen LogP contribution < -0.4 is 0 Å². The highest BCUT2D eigenvalue weighted by molar-refractivity contribution is 5.88. The SMILES string of the molecule is CC1=Nc2ccccc2-n2nnnc2C1. The number of para-hydroxylation sites is 2. The number of nitrogens with zero attached hydrogens (tertiary/aromatic N) is 5. The lowest BCUT2D eigenvalue weighted by Crippen LogP contribution is -2.04. The molecule has 0 unspecified atom stereocenters. The summed E-state index contributed by atoms with van der Waals surface area (Å²) in [6.07, 6.45) is 0.696. The second-order valence-electron chi connectivity index (χ2n) is 3.52. The molecule has 0 N–H and O–H groups in total. The van der Waals surface area contributed by atoms with Crippen LogP contribution in [-0.4, -0.2) is 25.9 Å². The quantitative estimate of drug-likeness (QED) is 0.642. The van der Waals surface area contributed by atoms with E-state index in [-0.39, 0.29) is 0 Å². The molecule has 0 bridgehead atoms. The fraction of sp³-hybridized carbons (Fsp3) is 0.200. The highest BCUT2D eigenvalue weighted by Gasteiger charge is 2.15. The summed E-state index contributed by atoms with van der Waals surface area (Å²) >= 11 is 0. The predicted octanol–water partition coefficient (Wildman–Crippen LogP) is 1.31. The van der Waals surface area contributed by atoms with Crippen LogP contribution in [0.3, 0.4) is 0 Å². The maximum absolute atomic E-state index is 4.51. The van der Waals surface area contributed by atoms with Gasteiger partial charge in [0, 0.05) is 12.1 Å². The minimum atomic E-state index is 0.696. The molecule has 0 fully saturated rings. The number of aliphatic imine (C=N–C) groups is 1. The van der Waals surface area contributed by atoms with Crippen LogP contribution in [0.15, 0.2) is 29.3 Å².